The number of aromatic nitrogens is 1. The summed E-state index contributed by atoms with van der Waals surface area (Å²) in [5, 5.41) is 0. The quantitative estimate of drug-likeness (QED) is 0.352. The van der Waals surface area contributed by atoms with Crippen LogP contribution in [0.3, 0.4) is 0 Å². The number of carbonyl (C=O) groups is 4. The molecule has 2 heterocycles. The minimum atomic E-state index is -1.10. The summed E-state index contributed by atoms with van der Waals surface area (Å²) in [5.74, 6) is -2.22. The molecular weight excluding hydrogens is 468 g/mol. The van der Waals surface area contributed by atoms with Crippen LogP contribution in [0.4, 0.5) is 0 Å². The Labute approximate surface area is 212 Å². The van der Waals surface area contributed by atoms with Crippen LogP contribution in [-0.2, 0) is 33.3 Å². The largest absolute Gasteiger partial charge is 0.462 e. The predicted octanol–water partition coefficient (Wildman–Crippen LogP) is 2.48. The van der Waals surface area contributed by atoms with Crippen molar-refractivity contribution in [2.45, 2.75) is 86.9 Å². The summed E-state index contributed by atoms with van der Waals surface area (Å²) in [6.07, 6.45) is -1.07. The van der Waals surface area contributed by atoms with E-state index in [2.05, 4.69) is 0 Å². The molecule has 36 heavy (non-hydrogen) atoms. The number of hydrogen-bond acceptors (Lipinski definition) is 8. The molecule has 10 nitrogen and oxygen atoms in total. The van der Waals surface area contributed by atoms with Crippen molar-refractivity contribution in [1.82, 2.24) is 0 Å². The van der Waals surface area contributed by atoms with Crippen LogP contribution in [0.15, 0.2) is 24.5 Å². The maximum absolute atomic E-state index is 12.9. The van der Waals surface area contributed by atoms with Gasteiger partial charge in [-0.05, 0) is 68.4 Å². The summed E-state index contributed by atoms with van der Waals surface area (Å²) in [7, 11) is 0. The van der Waals surface area contributed by atoms with Gasteiger partial charge in [-0.3, -0.25) is 19.2 Å². The molecule has 2 rings (SSSR count). The molecular formula is C26H39N2O8+. The second-order valence-corrected chi connectivity index (χ2v) is 12.1. The molecule has 0 radical (unpaired) electrons. The number of hydrogen-bond donors (Lipinski definition) is 1. The van der Waals surface area contributed by atoms with Crippen molar-refractivity contribution in [1.29, 1.82) is 0 Å². The minimum absolute atomic E-state index is 0.202. The fraction of sp³-hybridized carbons (Fsp3) is 0.654. The number of pyridine rings is 1. The molecule has 1 aromatic heterocycles. The molecule has 10 heteroatoms. The summed E-state index contributed by atoms with van der Waals surface area (Å²) >= 11 is 0. The van der Waals surface area contributed by atoms with Crippen molar-refractivity contribution >= 4 is 23.8 Å². The SMILES string of the molecule is CC(C)(C)C(=O)OC[C@H]1O[C@@H]([n+]2cccc(C(N)=O)c2)[C@H](OC(=O)C(C)(C)C)[C@@H]1OC(=O)C(C)(C)C. The first kappa shape index (κ1) is 29.2. The van der Waals surface area contributed by atoms with E-state index in [1.807, 2.05) is 0 Å². The van der Waals surface area contributed by atoms with E-state index in [1.165, 1.54) is 16.8 Å². The molecule has 0 unspecified atom stereocenters. The Morgan fingerprint density at radius 2 is 1.36 bits per heavy atom. The first-order valence-electron chi connectivity index (χ1n) is 11.9. The van der Waals surface area contributed by atoms with Gasteiger partial charge in [0.15, 0.2) is 18.5 Å². The van der Waals surface area contributed by atoms with Gasteiger partial charge < -0.3 is 24.7 Å². The van der Waals surface area contributed by atoms with E-state index in [1.54, 1.807) is 74.6 Å². The molecule has 1 aliphatic heterocycles. The molecule has 4 atom stereocenters. The molecule has 1 amide bonds. The summed E-state index contributed by atoms with van der Waals surface area (Å²) in [5.41, 5.74) is 3.15. The van der Waals surface area contributed by atoms with Crippen molar-refractivity contribution < 1.29 is 42.7 Å². The average molecular weight is 508 g/mol. The summed E-state index contributed by atoms with van der Waals surface area (Å²) in [4.78, 5) is 50.0. The third-order valence-corrected chi connectivity index (χ3v) is 5.39. The van der Waals surface area contributed by atoms with Gasteiger partial charge in [0.2, 0.25) is 6.10 Å². The first-order valence-corrected chi connectivity index (χ1v) is 11.9. The molecule has 0 aliphatic carbocycles. The highest BCUT2D eigenvalue weighted by Crippen LogP contribution is 2.34. The molecule has 1 fully saturated rings. The lowest BCUT2D eigenvalue weighted by atomic mass is 9.96. The topological polar surface area (TPSA) is 135 Å². The number of rotatable bonds is 6. The Morgan fingerprint density at radius 1 is 0.861 bits per heavy atom. The van der Waals surface area contributed by atoms with Gasteiger partial charge in [-0.25, -0.2) is 0 Å². The van der Waals surface area contributed by atoms with Crippen LogP contribution < -0.4 is 10.3 Å². The number of nitrogens with two attached hydrogens (primary N) is 1. The normalized spacial score (nSPS) is 22.6. The Kier molecular flexibility index (Phi) is 8.56. The summed E-state index contributed by atoms with van der Waals surface area (Å²) in [6, 6.07) is 3.12. The van der Waals surface area contributed by atoms with Gasteiger partial charge in [0.1, 0.15) is 18.3 Å². The van der Waals surface area contributed by atoms with E-state index in [9.17, 15) is 19.2 Å². The predicted molar refractivity (Wildman–Crippen MR) is 128 cm³/mol. The molecule has 200 valence electrons. The van der Waals surface area contributed by atoms with Gasteiger partial charge in [0, 0.05) is 6.07 Å². The second-order valence-electron chi connectivity index (χ2n) is 12.1. The molecule has 1 aliphatic rings. The van der Waals surface area contributed by atoms with Crippen LogP contribution in [0.2, 0.25) is 0 Å². The Morgan fingerprint density at radius 3 is 1.83 bits per heavy atom. The van der Waals surface area contributed by atoms with Crippen molar-refractivity contribution in [2.75, 3.05) is 6.61 Å². The van der Waals surface area contributed by atoms with E-state index < -0.39 is 64.6 Å². The maximum Gasteiger partial charge on any atom is 0.311 e. The molecule has 0 saturated carbocycles. The summed E-state index contributed by atoms with van der Waals surface area (Å²) < 4.78 is 24.8. The van der Waals surface area contributed by atoms with Crippen molar-refractivity contribution in [2.24, 2.45) is 22.0 Å². The van der Waals surface area contributed by atoms with Crippen LogP contribution >= 0.6 is 0 Å². The number of amides is 1. The van der Waals surface area contributed by atoms with Crippen LogP contribution in [0.1, 0.15) is 78.9 Å². The number of nitrogens with zero attached hydrogens (tertiary/aromatic N) is 1. The Balaban J connectivity index is 2.53. The maximum atomic E-state index is 12.9. The zero-order valence-electron chi connectivity index (χ0n) is 22.6. The van der Waals surface area contributed by atoms with Crippen LogP contribution in [-0.4, -0.2) is 48.7 Å². The molecule has 1 saturated heterocycles. The van der Waals surface area contributed by atoms with E-state index in [4.69, 9.17) is 24.7 Å². The minimum Gasteiger partial charge on any atom is -0.462 e. The lowest BCUT2D eigenvalue weighted by Gasteiger charge is -2.28. The lowest BCUT2D eigenvalue weighted by Crippen LogP contribution is -2.50. The third-order valence-electron chi connectivity index (χ3n) is 5.39. The fourth-order valence-electron chi connectivity index (χ4n) is 3.12. The number of ether oxygens (including phenoxy) is 4. The lowest BCUT2D eigenvalue weighted by molar-refractivity contribution is -0.765. The highest BCUT2D eigenvalue weighted by molar-refractivity contribution is 5.92. The van der Waals surface area contributed by atoms with Crippen LogP contribution in [0, 0.1) is 16.2 Å². The number of esters is 3. The van der Waals surface area contributed by atoms with Crippen molar-refractivity contribution in [3.8, 4) is 0 Å². The summed E-state index contributed by atoms with van der Waals surface area (Å²) in [6.45, 7) is 15.1. The monoisotopic (exact) mass is 507 g/mol. The van der Waals surface area contributed by atoms with Gasteiger partial charge in [0.05, 0.1) is 16.2 Å². The van der Waals surface area contributed by atoms with Crippen LogP contribution in [0.5, 0.6) is 0 Å². The van der Waals surface area contributed by atoms with E-state index >= 15 is 0 Å². The van der Waals surface area contributed by atoms with Gasteiger partial charge >= 0.3 is 24.1 Å². The number of carbonyl (C=O) groups excluding carboxylic acids is 4. The van der Waals surface area contributed by atoms with Crippen LogP contribution in [0.25, 0.3) is 0 Å². The molecule has 0 spiro atoms. The van der Waals surface area contributed by atoms with Crippen molar-refractivity contribution in [3.63, 3.8) is 0 Å². The molecule has 0 aromatic carbocycles. The first-order chi connectivity index (χ1) is 16.3. The zero-order valence-corrected chi connectivity index (χ0v) is 22.6. The Bertz CT molecular complexity index is 1000. The van der Waals surface area contributed by atoms with Gasteiger partial charge in [-0.1, -0.05) is 0 Å². The van der Waals surface area contributed by atoms with E-state index in [0.717, 1.165) is 0 Å². The van der Waals surface area contributed by atoms with E-state index in [-0.39, 0.29) is 12.2 Å². The van der Waals surface area contributed by atoms with Gasteiger partial charge in [0.25, 0.3) is 5.91 Å². The van der Waals surface area contributed by atoms with Gasteiger partial charge in [-0.15, -0.1) is 0 Å². The average Bonchev–Trinajstić information content (AvgIpc) is 3.07. The van der Waals surface area contributed by atoms with E-state index in [0.29, 0.717) is 0 Å². The second kappa shape index (κ2) is 10.5. The standard InChI is InChI=1S/C26H38N2O8/c1-24(2,3)21(30)33-14-16-17(35-22(31)25(4,5)6)18(36-23(32)26(7,8)9)20(34-16)28-12-10-11-15(13-28)19(27)29/h10-13,16-18,20H,14H2,1-9H3,(H-,27,29)/p+1/t16-,17-,18-,20-/m1/s1. The smallest absolute Gasteiger partial charge is 0.311 e. The fourth-order valence-corrected chi connectivity index (χ4v) is 3.12. The zero-order chi connectivity index (χ0) is 27.6. The molecule has 2 N–H and O–H groups in total. The highest BCUT2D eigenvalue weighted by atomic mass is 16.7. The Hall–Kier alpha value is -3.01. The highest BCUT2D eigenvalue weighted by Gasteiger charge is 2.56. The molecule has 1 aromatic rings. The van der Waals surface area contributed by atoms with Crippen molar-refractivity contribution in [3.05, 3.63) is 30.1 Å². The molecule has 0 bridgehead atoms. The third kappa shape index (κ3) is 7.25. The number of primary amides is 1. The van der Waals surface area contributed by atoms with Gasteiger partial charge in [-0.2, -0.15) is 4.57 Å².